The Kier molecular flexibility index (Phi) is 3.94. The van der Waals surface area contributed by atoms with Gasteiger partial charge in [-0.25, -0.2) is 4.52 Å². The van der Waals surface area contributed by atoms with Gasteiger partial charge in [0.25, 0.3) is 0 Å². The minimum absolute atomic E-state index is 0.387. The minimum Gasteiger partial charge on any atom is -0.336 e. The molecule has 3 rings (SSSR count). The van der Waals surface area contributed by atoms with Crippen LogP contribution >= 0.6 is 15.9 Å². The second-order valence-corrected chi connectivity index (χ2v) is 6.52. The van der Waals surface area contributed by atoms with Crippen molar-refractivity contribution in [3.8, 4) is 0 Å². The van der Waals surface area contributed by atoms with E-state index < -0.39 is 0 Å². The van der Waals surface area contributed by atoms with E-state index >= 15 is 0 Å². The smallest absolute Gasteiger partial charge is 0.245 e. The maximum atomic E-state index is 4.65. The molecular weight excluding hydrogens is 318 g/mol. The summed E-state index contributed by atoms with van der Waals surface area (Å²) in [6.45, 7) is 6.48. The third-order valence-corrected chi connectivity index (χ3v) is 4.21. The number of aromatic nitrogens is 3. The summed E-state index contributed by atoms with van der Waals surface area (Å²) in [6, 6.07) is 4.91. The fourth-order valence-corrected chi connectivity index (χ4v) is 2.97. The summed E-state index contributed by atoms with van der Waals surface area (Å²) in [6.07, 6.45) is 4.45. The zero-order valence-electron chi connectivity index (χ0n) is 11.9. The Balaban J connectivity index is 1.88. The molecule has 6 heteroatoms. The molecule has 1 unspecified atom stereocenters. The first-order chi connectivity index (χ1) is 9.63. The van der Waals surface area contributed by atoms with E-state index in [0.717, 1.165) is 29.2 Å². The molecule has 0 spiro atoms. The molecular formula is C14H20BrN5. The van der Waals surface area contributed by atoms with Crippen molar-refractivity contribution < 1.29 is 0 Å². The Morgan fingerprint density at radius 2 is 2.35 bits per heavy atom. The van der Waals surface area contributed by atoms with Crippen molar-refractivity contribution in [3.05, 3.63) is 22.8 Å². The molecule has 5 nitrogen and oxygen atoms in total. The van der Waals surface area contributed by atoms with Crippen LogP contribution in [0.2, 0.25) is 0 Å². The van der Waals surface area contributed by atoms with Gasteiger partial charge in [0, 0.05) is 29.3 Å². The van der Waals surface area contributed by atoms with Crippen molar-refractivity contribution in [2.75, 3.05) is 18.0 Å². The van der Waals surface area contributed by atoms with Gasteiger partial charge in [-0.05, 0) is 61.3 Å². The fourth-order valence-electron chi connectivity index (χ4n) is 2.64. The molecule has 2 aromatic heterocycles. The average Bonchev–Trinajstić information content (AvgIpc) is 3.03. The summed E-state index contributed by atoms with van der Waals surface area (Å²) < 4.78 is 2.84. The second-order valence-electron chi connectivity index (χ2n) is 5.60. The largest absolute Gasteiger partial charge is 0.336 e. The molecule has 1 saturated heterocycles. The van der Waals surface area contributed by atoms with Crippen LogP contribution in [0.25, 0.3) is 5.65 Å². The summed E-state index contributed by atoms with van der Waals surface area (Å²) in [5.74, 6) is 0.812. The van der Waals surface area contributed by atoms with Crippen LogP contribution in [0.1, 0.15) is 26.7 Å². The lowest BCUT2D eigenvalue weighted by molar-refractivity contribution is 0.544. The van der Waals surface area contributed by atoms with Crippen LogP contribution in [0.4, 0.5) is 5.95 Å². The number of hydrogen-bond donors (Lipinski definition) is 1. The number of fused-ring (bicyclic) bond motifs is 1. The minimum atomic E-state index is 0.387. The van der Waals surface area contributed by atoms with E-state index in [-0.39, 0.29) is 0 Å². The first-order valence-electron chi connectivity index (χ1n) is 7.15. The number of nitrogens with one attached hydrogen (secondary N) is 1. The van der Waals surface area contributed by atoms with Crippen LogP contribution in [-0.2, 0) is 0 Å². The molecule has 108 valence electrons. The van der Waals surface area contributed by atoms with Gasteiger partial charge in [-0.1, -0.05) is 0 Å². The van der Waals surface area contributed by atoms with Gasteiger partial charge in [-0.2, -0.15) is 4.98 Å². The van der Waals surface area contributed by atoms with E-state index in [4.69, 9.17) is 0 Å². The Hall–Kier alpha value is -1.14. The predicted molar refractivity (Wildman–Crippen MR) is 84.2 cm³/mol. The van der Waals surface area contributed by atoms with E-state index in [1.165, 1.54) is 12.8 Å². The van der Waals surface area contributed by atoms with E-state index in [1.807, 2.05) is 22.8 Å². The lowest BCUT2D eigenvalue weighted by Gasteiger charge is -2.28. The van der Waals surface area contributed by atoms with Crippen LogP contribution in [-0.4, -0.2) is 39.8 Å². The van der Waals surface area contributed by atoms with Gasteiger partial charge in [-0.3, -0.25) is 0 Å². The maximum absolute atomic E-state index is 4.65. The Labute approximate surface area is 127 Å². The molecule has 0 aromatic carbocycles. The maximum Gasteiger partial charge on any atom is 0.245 e. The molecule has 3 heterocycles. The van der Waals surface area contributed by atoms with E-state index in [2.05, 4.69) is 50.1 Å². The first-order valence-corrected chi connectivity index (χ1v) is 7.95. The Morgan fingerprint density at radius 3 is 3.05 bits per heavy atom. The molecule has 1 aliphatic heterocycles. The third-order valence-electron chi connectivity index (χ3n) is 3.74. The molecule has 2 aromatic rings. The Morgan fingerprint density at radius 1 is 1.50 bits per heavy atom. The highest BCUT2D eigenvalue weighted by atomic mass is 79.9. The number of halogens is 1. The zero-order valence-corrected chi connectivity index (χ0v) is 13.5. The highest BCUT2D eigenvalue weighted by molar-refractivity contribution is 9.10. The number of hydrogen-bond acceptors (Lipinski definition) is 4. The number of anilines is 1. The number of nitrogens with zero attached hydrogens (tertiary/aromatic N) is 4. The summed E-state index contributed by atoms with van der Waals surface area (Å²) in [5.41, 5.74) is 0.883. The van der Waals surface area contributed by atoms with Crippen molar-refractivity contribution in [1.82, 2.24) is 19.9 Å². The van der Waals surface area contributed by atoms with Crippen LogP contribution in [0, 0.1) is 0 Å². The summed E-state index contributed by atoms with van der Waals surface area (Å²) in [4.78, 5) is 6.93. The molecule has 1 atom stereocenters. The molecule has 0 bridgehead atoms. The Bertz CT molecular complexity index is 588. The first kappa shape index (κ1) is 13.8. The normalized spacial score (nSPS) is 19.1. The van der Waals surface area contributed by atoms with E-state index in [1.54, 1.807) is 0 Å². The zero-order chi connectivity index (χ0) is 14.1. The number of pyridine rings is 1. The van der Waals surface area contributed by atoms with Gasteiger partial charge >= 0.3 is 0 Å². The topological polar surface area (TPSA) is 45.5 Å². The van der Waals surface area contributed by atoms with Gasteiger partial charge in [0.1, 0.15) is 0 Å². The summed E-state index contributed by atoms with van der Waals surface area (Å²) in [7, 11) is 0. The molecule has 0 saturated carbocycles. The van der Waals surface area contributed by atoms with Crippen molar-refractivity contribution in [1.29, 1.82) is 0 Å². The fraction of sp³-hybridized carbons (Fsp3) is 0.571. The van der Waals surface area contributed by atoms with Crippen molar-refractivity contribution >= 4 is 27.5 Å². The SMILES string of the molecule is CC(C)N(CC1CCCN1)c1nc2ccc(Br)cn2n1. The van der Waals surface area contributed by atoms with E-state index in [9.17, 15) is 0 Å². The molecule has 0 amide bonds. The van der Waals surface area contributed by atoms with Crippen LogP contribution in [0.15, 0.2) is 22.8 Å². The van der Waals surface area contributed by atoms with E-state index in [0.29, 0.717) is 12.1 Å². The molecule has 20 heavy (non-hydrogen) atoms. The van der Waals surface area contributed by atoms with Crippen LogP contribution in [0.3, 0.4) is 0 Å². The predicted octanol–water partition coefficient (Wildman–Crippen LogP) is 2.46. The standard InChI is InChI=1S/C14H20BrN5/c1-10(2)19(9-12-4-3-7-16-12)14-17-13-6-5-11(15)8-20(13)18-14/h5-6,8,10,12,16H,3-4,7,9H2,1-2H3. The third kappa shape index (κ3) is 2.81. The number of rotatable bonds is 4. The van der Waals surface area contributed by atoms with Gasteiger partial charge in [0.2, 0.25) is 5.95 Å². The van der Waals surface area contributed by atoms with Crippen LogP contribution < -0.4 is 10.2 Å². The summed E-state index contributed by atoms with van der Waals surface area (Å²) in [5, 5.41) is 8.15. The van der Waals surface area contributed by atoms with Gasteiger partial charge in [0.05, 0.1) is 0 Å². The molecule has 1 aliphatic rings. The average molecular weight is 338 g/mol. The quantitative estimate of drug-likeness (QED) is 0.930. The molecule has 0 radical (unpaired) electrons. The van der Waals surface area contributed by atoms with Crippen molar-refractivity contribution in [2.45, 2.75) is 38.8 Å². The molecule has 1 fully saturated rings. The lowest BCUT2D eigenvalue weighted by Crippen LogP contribution is -2.42. The van der Waals surface area contributed by atoms with Gasteiger partial charge in [0.15, 0.2) is 5.65 Å². The van der Waals surface area contributed by atoms with Gasteiger partial charge in [-0.15, -0.1) is 5.10 Å². The summed E-state index contributed by atoms with van der Waals surface area (Å²) >= 11 is 3.47. The molecule has 1 N–H and O–H groups in total. The van der Waals surface area contributed by atoms with Crippen molar-refractivity contribution in [3.63, 3.8) is 0 Å². The lowest BCUT2D eigenvalue weighted by atomic mass is 10.2. The van der Waals surface area contributed by atoms with Crippen LogP contribution in [0.5, 0.6) is 0 Å². The highest BCUT2D eigenvalue weighted by Crippen LogP contribution is 2.18. The monoisotopic (exact) mass is 337 g/mol. The highest BCUT2D eigenvalue weighted by Gasteiger charge is 2.22. The molecule has 0 aliphatic carbocycles. The van der Waals surface area contributed by atoms with Crippen molar-refractivity contribution in [2.24, 2.45) is 0 Å². The van der Waals surface area contributed by atoms with Gasteiger partial charge < -0.3 is 10.2 Å². The second kappa shape index (κ2) is 5.69.